The van der Waals surface area contributed by atoms with Crippen LogP contribution in [0.2, 0.25) is 0 Å². The zero-order valence-corrected chi connectivity index (χ0v) is 11.4. The number of alkyl carbamates (subject to hydrolysis) is 1. The Bertz CT molecular complexity index is 334. The second-order valence-corrected chi connectivity index (χ2v) is 4.71. The molecule has 1 aliphatic rings. The van der Waals surface area contributed by atoms with Crippen molar-refractivity contribution in [2.75, 3.05) is 26.4 Å². The average molecular weight is 271 g/mol. The zero-order valence-electron chi connectivity index (χ0n) is 11.4. The van der Waals surface area contributed by atoms with E-state index >= 15 is 0 Å². The largest absolute Gasteiger partial charge is 0.461 e. The Kier molecular flexibility index (Phi) is 5.82. The van der Waals surface area contributed by atoms with Crippen molar-refractivity contribution in [1.82, 2.24) is 5.32 Å². The molecule has 1 rings (SSSR count). The first kappa shape index (κ1) is 15.5. The van der Waals surface area contributed by atoms with E-state index in [1.807, 2.05) is 13.8 Å². The Morgan fingerprint density at radius 1 is 1.53 bits per heavy atom. The van der Waals surface area contributed by atoms with Gasteiger partial charge in [-0.05, 0) is 5.92 Å². The highest BCUT2D eigenvalue weighted by Gasteiger charge is 2.41. The second-order valence-electron chi connectivity index (χ2n) is 4.71. The fourth-order valence-electron chi connectivity index (χ4n) is 1.80. The maximum Gasteiger partial charge on any atom is 0.407 e. The molecule has 6 heteroatoms. The summed E-state index contributed by atoms with van der Waals surface area (Å²) in [5, 5.41) is 2.54. The van der Waals surface area contributed by atoms with E-state index < -0.39 is 17.7 Å². The van der Waals surface area contributed by atoms with Crippen molar-refractivity contribution in [1.29, 1.82) is 0 Å². The van der Waals surface area contributed by atoms with Crippen LogP contribution in [0.3, 0.4) is 0 Å². The van der Waals surface area contributed by atoms with Gasteiger partial charge in [0.05, 0.1) is 19.8 Å². The number of rotatable bonds is 6. The van der Waals surface area contributed by atoms with Crippen molar-refractivity contribution in [3.05, 3.63) is 12.7 Å². The summed E-state index contributed by atoms with van der Waals surface area (Å²) in [7, 11) is 0. The van der Waals surface area contributed by atoms with Crippen LogP contribution in [0.15, 0.2) is 12.7 Å². The fourth-order valence-corrected chi connectivity index (χ4v) is 1.80. The summed E-state index contributed by atoms with van der Waals surface area (Å²) in [5.41, 5.74) is -0.554. The van der Waals surface area contributed by atoms with Crippen LogP contribution in [-0.4, -0.2) is 44.0 Å². The number of nitrogens with one attached hydrogen (secondary N) is 1. The maximum absolute atomic E-state index is 11.7. The van der Waals surface area contributed by atoms with E-state index in [9.17, 15) is 9.59 Å². The van der Waals surface area contributed by atoms with Gasteiger partial charge in [-0.1, -0.05) is 20.4 Å². The highest BCUT2D eigenvalue weighted by atomic mass is 16.6. The second kappa shape index (κ2) is 7.13. The van der Waals surface area contributed by atoms with Crippen LogP contribution in [0.5, 0.6) is 0 Å². The van der Waals surface area contributed by atoms with E-state index in [0.29, 0.717) is 19.6 Å². The standard InChI is InChI=1S/C13H21NO5/c1-4-11(15)18-8-6-14-12(16)19-13(10(2)3)5-7-17-9-13/h4,10H,1,5-9H2,2-3H3,(H,14,16). The van der Waals surface area contributed by atoms with E-state index in [1.165, 1.54) is 0 Å². The molecule has 6 nitrogen and oxygen atoms in total. The van der Waals surface area contributed by atoms with Crippen LogP contribution < -0.4 is 5.32 Å². The minimum Gasteiger partial charge on any atom is -0.461 e. The molecule has 1 fully saturated rings. The molecule has 1 amide bonds. The summed E-state index contributed by atoms with van der Waals surface area (Å²) < 4.78 is 15.5. The summed E-state index contributed by atoms with van der Waals surface area (Å²) in [5.74, 6) is -0.336. The summed E-state index contributed by atoms with van der Waals surface area (Å²) in [6.45, 7) is 8.57. The van der Waals surface area contributed by atoms with Crippen molar-refractivity contribution >= 4 is 12.1 Å². The Labute approximate surface area is 113 Å². The SMILES string of the molecule is C=CC(=O)OCCNC(=O)OC1(C(C)C)CCOC1. The van der Waals surface area contributed by atoms with Gasteiger partial charge in [-0.2, -0.15) is 0 Å². The quantitative estimate of drug-likeness (QED) is 0.447. The van der Waals surface area contributed by atoms with Gasteiger partial charge < -0.3 is 19.5 Å². The fraction of sp³-hybridized carbons (Fsp3) is 0.692. The van der Waals surface area contributed by atoms with Gasteiger partial charge in [0.25, 0.3) is 0 Å². The molecule has 1 aliphatic heterocycles. The van der Waals surface area contributed by atoms with E-state index in [-0.39, 0.29) is 19.1 Å². The van der Waals surface area contributed by atoms with Gasteiger partial charge in [0, 0.05) is 12.5 Å². The summed E-state index contributed by atoms with van der Waals surface area (Å²) in [6.07, 6.45) is 1.25. The van der Waals surface area contributed by atoms with Gasteiger partial charge in [-0.3, -0.25) is 0 Å². The lowest BCUT2D eigenvalue weighted by atomic mass is 9.89. The smallest absolute Gasteiger partial charge is 0.407 e. The summed E-state index contributed by atoms with van der Waals surface area (Å²) in [6, 6.07) is 0. The number of esters is 1. The molecule has 1 N–H and O–H groups in total. The van der Waals surface area contributed by atoms with Crippen LogP contribution in [0.25, 0.3) is 0 Å². The molecule has 0 saturated carbocycles. The summed E-state index contributed by atoms with van der Waals surface area (Å²) in [4.78, 5) is 22.4. The molecule has 0 radical (unpaired) electrons. The molecule has 1 saturated heterocycles. The number of hydrogen-bond donors (Lipinski definition) is 1. The third kappa shape index (κ3) is 4.55. The predicted molar refractivity (Wildman–Crippen MR) is 68.6 cm³/mol. The van der Waals surface area contributed by atoms with Crippen LogP contribution >= 0.6 is 0 Å². The monoisotopic (exact) mass is 271 g/mol. The molecule has 1 heterocycles. The molecule has 108 valence electrons. The molecule has 0 aliphatic carbocycles. The molecule has 1 unspecified atom stereocenters. The van der Waals surface area contributed by atoms with Crippen molar-refractivity contribution in [3.63, 3.8) is 0 Å². The first-order chi connectivity index (χ1) is 9.00. The number of carbonyl (C=O) groups excluding carboxylic acids is 2. The van der Waals surface area contributed by atoms with E-state index in [0.717, 1.165) is 6.08 Å². The third-order valence-electron chi connectivity index (χ3n) is 3.15. The average Bonchev–Trinajstić information content (AvgIpc) is 2.84. The van der Waals surface area contributed by atoms with Crippen molar-refractivity contribution in [3.8, 4) is 0 Å². The van der Waals surface area contributed by atoms with E-state index in [4.69, 9.17) is 14.2 Å². The minimum absolute atomic E-state index is 0.0884. The Morgan fingerprint density at radius 2 is 2.26 bits per heavy atom. The van der Waals surface area contributed by atoms with Gasteiger partial charge >= 0.3 is 12.1 Å². The molecule has 19 heavy (non-hydrogen) atoms. The predicted octanol–water partition coefficient (Wildman–Crippen LogP) is 1.26. The van der Waals surface area contributed by atoms with Crippen LogP contribution in [0.1, 0.15) is 20.3 Å². The van der Waals surface area contributed by atoms with Crippen LogP contribution in [-0.2, 0) is 19.0 Å². The Balaban J connectivity index is 2.30. The Hall–Kier alpha value is -1.56. The molecule has 1 atom stereocenters. The Morgan fingerprint density at radius 3 is 2.79 bits per heavy atom. The van der Waals surface area contributed by atoms with Gasteiger partial charge in [0.1, 0.15) is 12.2 Å². The van der Waals surface area contributed by atoms with Gasteiger partial charge in [-0.15, -0.1) is 0 Å². The van der Waals surface area contributed by atoms with Gasteiger partial charge in [-0.25, -0.2) is 9.59 Å². The molecular formula is C13H21NO5. The molecule has 0 bridgehead atoms. The highest BCUT2D eigenvalue weighted by molar-refractivity contribution is 5.81. The first-order valence-corrected chi connectivity index (χ1v) is 6.34. The van der Waals surface area contributed by atoms with Crippen LogP contribution in [0.4, 0.5) is 4.79 Å². The van der Waals surface area contributed by atoms with Crippen molar-refractivity contribution in [2.45, 2.75) is 25.9 Å². The highest BCUT2D eigenvalue weighted by Crippen LogP contribution is 2.31. The summed E-state index contributed by atoms with van der Waals surface area (Å²) >= 11 is 0. The molecule has 0 aromatic rings. The molecule has 0 spiro atoms. The number of amides is 1. The molecule has 0 aromatic carbocycles. The number of ether oxygens (including phenoxy) is 3. The maximum atomic E-state index is 11.7. The lowest BCUT2D eigenvalue weighted by molar-refractivity contribution is -0.137. The normalized spacial score (nSPS) is 22.1. The third-order valence-corrected chi connectivity index (χ3v) is 3.15. The van der Waals surface area contributed by atoms with Gasteiger partial charge in [0.15, 0.2) is 0 Å². The lowest BCUT2D eigenvalue weighted by Gasteiger charge is -2.31. The number of carbonyl (C=O) groups is 2. The molecular weight excluding hydrogens is 250 g/mol. The lowest BCUT2D eigenvalue weighted by Crippen LogP contribution is -2.44. The number of hydrogen-bond acceptors (Lipinski definition) is 5. The molecule has 0 aromatic heterocycles. The topological polar surface area (TPSA) is 73.9 Å². The van der Waals surface area contributed by atoms with E-state index in [1.54, 1.807) is 0 Å². The zero-order chi connectivity index (χ0) is 14.3. The van der Waals surface area contributed by atoms with Crippen LogP contribution in [0, 0.1) is 5.92 Å². The van der Waals surface area contributed by atoms with Gasteiger partial charge in [0.2, 0.25) is 0 Å². The first-order valence-electron chi connectivity index (χ1n) is 6.34. The van der Waals surface area contributed by atoms with Crippen molar-refractivity contribution < 1.29 is 23.8 Å². The minimum atomic E-state index is -0.554. The van der Waals surface area contributed by atoms with E-state index in [2.05, 4.69) is 11.9 Å². The van der Waals surface area contributed by atoms with Crippen molar-refractivity contribution in [2.24, 2.45) is 5.92 Å².